The Balaban J connectivity index is 0.000000188. The number of anilines is 6. The van der Waals surface area contributed by atoms with E-state index in [9.17, 15) is 9.59 Å². The number of carbonyl (C=O) groups excluding carboxylic acids is 1. The van der Waals surface area contributed by atoms with Crippen molar-refractivity contribution >= 4 is 69.1 Å². The summed E-state index contributed by atoms with van der Waals surface area (Å²) in [4.78, 5) is 59.1. The van der Waals surface area contributed by atoms with Crippen molar-refractivity contribution in [2.45, 2.75) is 13.1 Å². The molecular weight excluding hydrogens is 618 g/mol. The van der Waals surface area contributed by atoms with Crippen LogP contribution in [0.1, 0.15) is 32.1 Å². The molecule has 1 amide bonds. The SMILES string of the molecule is CN(Cc1cnc2nc(N)nc(N)c2n1)c1cccc(C(=O)O)c1.CN(Cc1cnc2nc(N)nc(N)c2n1)c1cccc(C(N)=O)c1. The molecule has 0 saturated carbocycles. The minimum atomic E-state index is -0.974. The van der Waals surface area contributed by atoms with Gasteiger partial charge in [-0.2, -0.15) is 19.9 Å². The number of primary amides is 1. The van der Waals surface area contributed by atoms with Crippen LogP contribution in [0.25, 0.3) is 22.3 Å². The van der Waals surface area contributed by atoms with Gasteiger partial charge in [0.15, 0.2) is 34.0 Å². The van der Waals surface area contributed by atoms with E-state index in [2.05, 4.69) is 39.9 Å². The smallest absolute Gasteiger partial charge is 0.335 e. The summed E-state index contributed by atoms with van der Waals surface area (Å²) < 4.78 is 0. The number of carbonyl (C=O) groups is 2. The number of aromatic carboxylic acids is 1. The lowest BCUT2D eigenvalue weighted by molar-refractivity contribution is 0.0696. The van der Waals surface area contributed by atoms with Crippen LogP contribution in [-0.4, -0.2) is 71.0 Å². The van der Waals surface area contributed by atoms with Crippen molar-refractivity contribution in [3.05, 3.63) is 83.4 Å². The lowest BCUT2D eigenvalue weighted by Crippen LogP contribution is -2.19. The number of hydrogen-bond acceptors (Lipinski definition) is 16. The highest BCUT2D eigenvalue weighted by molar-refractivity contribution is 5.93. The number of nitrogen functional groups attached to an aromatic ring is 4. The second kappa shape index (κ2) is 13.6. The fourth-order valence-corrected chi connectivity index (χ4v) is 4.56. The fraction of sp³-hybridized carbons (Fsp3) is 0.133. The van der Waals surface area contributed by atoms with Crippen molar-refractivity contribution in [2.24, 2.45) is 5.73 Å². The number of carboxylic acids is 1. The summed E-state index contributed by atoms with van der Waals surface area (Å²) in [5.41, 5.74) is 33.0. The quantitative estimate of drug-likeness (QED) is 0.135. The van der Waals surface area contributed by atoms with Crippen molar-refractivity contribution in [2.75, 3.05) is 46.8 Å². The molecule has 0 radical (unpaired) electrons. The first-order valence-electron chi connectivity index (χ1n) is 14.1. The first kappa shape index (κ1) is 32.4. The van der Waals surface area contributed by atoms with Gasteiger partial charge in [0.05, 0.1) is 42.4 Å². The summed E-state index contributed by atoms with van der Waals surface area (Å²) in [5.74, 6) is -0.990. The molecular formula is C30H31N15O3. The molecule has 4 heterocycles. The summed E-state index contributed by atoms with van der Waals surface area (Å²) in [5, 5.41) is 9.07. The van der Waals surface area contributed by atoms with Crippen molar-refractivity contribution < 1.29 is 14.7 Å². The first-order chi connectivity index (χ1) is 22.9. The van der Waals surface area contributed by atoms with Gasteiger partial charge in [0.1, 0.15) is 0 Å². The summed E-state index contributed by atoms with van der Waals surface area (Å²) in [6, 6.07) is 13.7. The van der Waals surface area contributed by atoms with E-state index in [0.717, 1.165) is 11.4 Å². The molecule has 2 aromatic carbocycles. The van der Waals surface area contributed by atoms with Gasteiger partial charge < -0.3 is 43.6 Å². The zero-order chi connectivity index (χ0) is 34.5. The van der Waals surface area contributed by atoms with Crippen LogP contribution in [0.3, 0.4) is 0 Å². The van der Waals surface area contributed by atoms with E-state index in [-0.39, 0.29) is 29.1 Å². The lowest BCUT2D eigenvalue weighted by atomic mass is 10.2. The molecule has 11 N–H and O–H groups in total. The van der Waals surface area contributed by atoms with Crippen LogP contribution >= 0.6 is 0 Å². The molecule has 0 fully saturated rings. The summed E-state index contributed by atoms with van der Waals surface area (Å²) in [6.07, 6.45) is 3.18. The zero-order valence-corrected chi connectivity index (χ0v) is 25.8. The molecule has 0 unspecified atom stereocenters. The number of carboxylic acid groups (broad SMARTS) is 1. The summed E-state index contributed by atoms with van der Waals surface area (Å²) in [6.45, 7) is 0.866. The molecule has 6 rings (SSSR count). The van der Waals surface area contributed by atoms with Crippen LogP contribution in [0, 0.1) is 0 Å². The van der Waals surface area contributed by atoms with Gasteiger partial charge in [-0.15, -0.1) is 0 Å². The summed E-state index contributed by atoms with van der Waals surface area (Å²) >= 11 is 0. The number of aromatic nitrogens is 8. The maximum Gasteiger partial charge on any atom is 0.335 e. The molecule has 0 bridgehead atoms. The van der Waals surface area contributed by atoms with Crippen LogP contribution < -0.4 is 38.5 Å². The number of nitrogens with zero attached hydrogens (tertiary/aromatic N) is 10. The largest absolute Gasteiger partial charge is 0.478 e. The van der Waals surface area contributed by atoms with E-state index in [1.54, 1.807) is 42.7 Å². The molecule has 48 heavy (non-hydrogen) atoms. The number of nitrogens with two attached hydrogens (primary N) is 5. The topological polar surface area (TPSA) is 294 Å². The zero-order valence-electron chi connectivity index (χ0n) is 25.8. The van der Waals surface area contributed by atoms with Crippen LogP contribution in [-0.2, 0) is 13.1 Å². The Morgan fingerprint density at radius 1 is 0.667 bits per heavy atom. The molecule has 4 aromatic heterocycles. The second-order valence-corrected chi connectivity index (χ2v) is 10.5. The number of benzene rings is 2. The van der Waals surface area contributed by atoms with Gasteiger partial charge in [-0.3, -0.25) is 4.79 Å². The molecule has 0 atom stereocenters. The molecule has 18 nitrogen and oxygen atoms in total. The Kier molecular flexibility index (Phi) is 9.16. The standard InChI is InChI=1S/C15H16N8O.C15H15N7O2/c1-23(10-4-2-3-8(5-10)13(17)24)7-9-6-19-14-11(20-9)12(16)21-15(18)22-14;1-22(10-4-2-3-8(5-10)14(23)24)7-9-6-18-13-11(19-9)12(16)20-15(17)21-13/h2-6H,7H2,1H3,(H2,17,24)(H4,16,18,19,21,22);2-6H,7H2,1H3,(H,23,24)(H4,16,17,18,20,21). The molecule has 6 aromatic rings. The highest BCUT2D eigenvalue weighted by Crippen LogP contribution is 2.21. The van der Waals surface area contributed by atoms with E-state index < -0.39 is 11.9 Å². The Bertz CT molecular complexity index is 2010. The maximum atomic E-state index is 11.3. The highest BCUT2D eigenvalue weighted by atomic mass is 16.4. The van der Waals surface area contributed by atoms with Gasteiger partial charge in [-0.25, -0.2) is 24.7 Å². The number of fused-ring (bicyclic) bond motifs is 2. The average Bonchev–Trinajstić information content (AvgIpc) is 3.05. The Hall–Kier alpha value is -6.98. The number of rotatable bonds is 8. The third-order valence-corrected chi connectivity index (χ3v) is 6.91. The monoisotopic (exact) mass is 649 g/mol. The number of hydrogen-bond donors (Lipinski definition) is 6. The molecule has 244 valence electrons. The van der Waals surface area contributed by atoms with E-state index in [1.807, 2.05) is 36.0 Å². The van der Waals surface area contributed by atoms with Gasteiger partial charge in [0.2, 0.25) is 17.8 Å². The van der Waals surface area contributed by atoms with Gasteiger partial charge >= 0.3 is 5.97 Å². The second-order valence-electron chi connectivity index (χ2n) is 10.5. The normalized spacial score (nSPS) is 10.7. The van der Waals surface area contributed by atoms with E-state index in [1.165, 1.54) is 6.07 Å². The van der Waals surface area contributed by atoms with Crippen LogP contribution in [0.4, 0.5) is 34.9 Å². The minimum absolute atomic E-state index is 0.0460. The van der Waals surface area contributed by atoms with Gasteiger partial charge in [-0.05, 0) is 36.4 Å². The predicted molar refractivity (Wildman–Crippen MR) is 180 cm³/mol. The maximum absolute atomic E-state index is 11.3. The van der Waals surface area contributed by atoms with Gasteiger partial charge in [-0.1, -0.05) is 12.1 Å². The van der Waals surface area contributed by atoms with E-state index in [0.29, 0.717) is 52.4 Å². The molecule has 0 aliphatic rings. The first-order valence-corrected chi connectivity index (χ1v) is 14.1. The Morgan fingerprint density at radius 2 is 1.10 bits per heavy atom. The van der Waals surface area contributed by atoms with Crippen LogP contribution in [0.2, 0.25) is 0 Å². The third-order valence-electron chi connectivity index (χ3n) is 6.91. The van der Waals surface area contributed by atoms with Crippen molar-refractivity contribution in [1.29, 1.82) is 0 Å². The Labute approximate surface area is 272 Å². The van der Waals surface area contributed by atoms with Crippen LogP contribution in [0.15, 0.2) is 60.9 Å². The van der Waals surface area contributed by atoms with Gasteiger partial charge in [0.25, 0.3) is 0 Å². The Morgan fingerprint density at radius 3 is 1.54 bits per heavy atom. The molecule has 0 aliphatic heterocycles. The van der Waals surface area contributed by atoms with Crippen molar-refractivity contribution in [3.8, 4) is 0 Å². The predicted octanol–water partition coefficient (Wildman–Crippen LogP) is 1.24. The third kappa shape index (κ3) is 7.45. The molecule has 18 heteroatoms. The minimum Gasteiger partial charge on any atom is -0.478 e. The van der Waals surface area contributed by atoms with E-state index in [4.69, 9.17) is 33.8 Å². The van der Waals surface area contributed by atoms with Crippen molar-refractivity contribution in [1.82, 2.24) is 39.9 Å². The fourth-order valence-electron chi connectivity index (χ4n) is 4.56. The molecule has 0 aliphatic carbocycles. The molecule has 0 saturated heterocycles. The average molecular weight is 650 g/mol. The summed E-state index contributed by atoms with van der Waals surface area (Å²) in [7, 11) is 3.70. The van der Waals surface area contributed by atoms with Crippen molar-refractivity contribution in [3.63, 3.8) is 0 Å². The van der Waals surface area contributed by atoms with Gasteiger partial charge in [0, 0.05) is 31.0 Å². The van der Waals surface area contributed by atoms with Crippen LogP contribution in [0.5, 0.6) is 0 Å². The highest BCUT2D eigenvalue weighted by Gasteiger charge is 2.13. The van der Waals surface area contributed by atoms with E-state index >= 15 is 0 Å². The number of amides is 1. The molecule has 0 spiro atoms. The lowest BCUT2D eigenvalue weighted by Gasteiger charge is -2.19.